The Bertz CT molecular complexity index is 1840. The Morgan fingerprint density at radius 1 is 0.492 bits per heavy atom. The molecule has 0 radical (unpaired) electrons. The summed E-state index contributed by atoms with van der Waals surface area (Å²) < 4.78 is 0. The third-order valence-corrected chi connectivity index (χ3v) is 23.5. The fourth-order valence-corrected chi connectivity index (χ4v) is 22.5. The first-order valence-corrected chi connectivity index (χ1v) is 27.0. The summed E-state index contributed by atoms with van der Waals surface area (Å²) in [6.07, 6.45) is 47.9. The minimum absolute atomic E-state index is 0. The maximum atomic E-state index is 7.14. The van der Waals surface area contributed by atoms with Gasteiger partial charge >= 0.3 is 44.8 Å². The molecule has 4 heteroatoms. The van der Waals surface area contributed by atoms with Crippen LogP contribution in [0.2, 0.25) is 0 Å². The van der Waals surface area contributed by atoms with Gasteiger partial charge in [-0.3, -0.25) is 11.8 Å². The van der Waals surface area contributed by atoms with Crippen LogP contribution in [-0.4, -0.2) is 29.0 Å². The molecule has 0 nitrogen and oxygen atoms in total. The third kappa shape index (κ3) is 13.2. The average molecular weight is 1190 g/mol. The van der Waals surface area contributed by atoms with Crippen LogP contribution < -0.4 is 0 Å². The number of rotatable bonds is 10. The molecule has 5 aliphatic carbocycles. The van der Waals surface area contributed by atoms with Crippen molar-refractivity contribution in [1.29, 1.82) is 0 Å². The Hall–Kier alpha value is -1.66. The molecule has 0 aliphatic heterocycles. The zero-order chi connectivity index (χ0) is 39.2. The summed E-state index contributed by atoms with van der Waals surface area (Å²) in [5.41, 5.74) is 16.0. The molecule has 3 fully saturated rings. The summed E-state index contributed by atoms with van der Waals surface area (Å²) in [5.74, 6) is 6.71. The molecule has 0 aromatic heterocycles. The van der Waals surface area contributed by atoms with E-state index in [2.05, 4.69) is 79.4 Å². The first kappa shape index (κ1) is 48.4. The van der Waals surface area contributed by atoms with Gasteiger partial charge in [0.25, 0.3) is 0 Å². The second kappa shape index (κ2) is 25.4. The average Bonchev–Trinajstić information content (AvgIpc) is 3.85. The third-order valence-electron chi connectivity index (χ3n) is 14.1. The fourth-order valence-electron chi connectivity index (χ4n) is 11.0. The Kier molecular flexibility index (Phi) is 20.9. The predicted molar refractivity (Wildman–Crippen MR) is 253 cm³/mol. The second-order valence-corrected chi connectivity index (χ2v) is 24.7. The van der Waals surface area contributed by atoms with Gasteiger partial charge in [0.2, 0.25) is 0 Å². The van der Waals surface area contributed by atoms with Crippen molar-refractivity contribution >= 4 is 15.8 Å². The number of fused-ring (bicyclic) bond motifs is 6. The molecule has 1 unspecified atom stereocenters. The summed E-state index contributed by atoms with van der Waals surface area (Å²) in [7, 11) is -0.165. The Labute approximate surface area is 393 Å². The van der Waals surface area contributed by atoms with Gasteiger partial charge < -0.3 is 12.8 Å². The van der Waals surface area contributed by atoms with Crippen molar-refractivity contribution in [3.8, 4) is 34.1 Å². The second-order valence-electron chi connectivity index (χ2n) is 17.9. The molecule has 1 atom stereocenters. The van der Waals surface area contributed by atoms with Crippen LogP contribution in [-0.2, 0) is 57.6 Å². The quantitative estimate of drug-likeness (QED) is 0.0422. The van der Waals surface area contributed by atoms with Crippen molar-refractivity contribution in [2.45, 2.75) is 159 Å². The molecule has 3 saturated carbocycles. The number of hydrogen-bond donors (Lipinski definition) is 0. The molecule has 5 aliphatic rings. The largest absolute Gasteiger partial charge is 1.00 e. The molecule has 0 amide bonds. The Balaban J connectivity index is 0.000000176. The van der Waals surface area contributed by atoms with Crippen molar-refractivity contribution in [2.75, 3.05) is 12.1 Å². The SMILES string of the molecule is CCCCCC[PH+](C[PH+](C1CCCCC1)C1CCCCC1)C1CCCCC1.[Au+].[Au+].[C-]#Cc1ccc2c(c1)-c1ccccc1C2.[C-]#Cc1ccc2c(c1)-c1ccccc1C2. The van der Waals surface area contributed by atoms with Crippen molar-refractivity contribution in [2.24, 2.45) is 0 Å². The van der Waals surface area contributed by atoms with Crippen molar-refractivity contribution < 1.29 is 44.8 Å². The minimum Gasteiger partial charge on any atom is -0.366 e. The van der Waals surface area contributed by atoms with E-state index in [0.717, 1.165) is 24.0 Å². The van der Waals surface area contributed by atoms with Gasteiger partial charge in [-0.15, -0.1) is 35.4 Å². The zero-order valence-electron chi connectivity index (χ0n) is 35.7. The van der Waals surface area contributed by atoms with Crippen molar-refractivity contribution in [1.82, 2.24) is 0 Å². The van der Waals surface area contributed by atoms with Gasteiger partial charge in [0.1, 0.15) is 0 Å². The van der Waals surface area contributed by atoms with Crippen molar-refractivity contribution in [3.05, 3.63) is 131 Å². The van der Waals surface area contributed by atoms with Crippen LogP contribution in [0.25, 0.3) is 22.3 Å². The van der Waals surface area contributed by atoms with E-state index in [1.807, 2.05) is 30.2 Å². The zero-order valence-corrected chi connectivity index (χ0v) is 42.0. The molecule has 4 aromatic carbocycles. The van der Waals surface area contributed by atoms with Crippen LogP contribution in [0.5, 0.6) is 0 Å². The van der Waals surface area contributed by atoms with Gasteiger partial charge in [-0.25, -0.2) is 0 Å². The van der Waals surface area contributed by atoms with Crippen LogP contribution in [0, 0.1) is 24.7 Å². The van der Waals surface area contributed by atoms with Gasteiger partial charge in [-0.05, 0) is 147 Å². The molecular formula is C55H68Au2P2+2. The van der Waals surface area contributed by atoms with Crippen molar-refractivity contribution in [3.63, 3.8) is 0 Å². The topological polar surface area (TPSA) is 0 Å². The first-order valence-electron chi connectivity index (χ1n) is 23.1. The Morgan fingerprint density at radius 3 is 1.36 bits per heavy atom. The van der Waals surface area contributed by atoms with Crippen LogP contribution in [0.15, 0.2) is 84.9 Å². The summed E-state index contributed by atoms with van der Waals surface area (Å²) in [6.45, 7) is 2.38. The van der Waals surface area contributed by atoms with E-state index >= 15 is 0 Å². The Morgan fingerprint density at radius 2 is 0.915 bits per heavy atom. The van der Waals surface area contributed by atoms with Gasteiger partial charge in [0.05, 0.1) is 23.1 Å². The van der Waals surface area contributed by atoms with Gasteiger partial charge in [0.15, 0.2) is 5.90 Å². The summed E-state index contributed by atoms with van der Waals surface area (Å²) in [5, 5.41) is 0. The van der Waals surface area contributed by atoms with E-state index < -0.39 is 0 Å². The molecule has 0 N–H and O–H groups in total. The van der Waals surface area contributed by atoms with Crippen LogP contribution in [0.4, 0.5) is 0 Å². The van der Waals surface area contributed by atoms with Crippen LogP contribution >= 0.6 is 15.8 Å². The standard InChI is InChI=1S/C25H48P2.2C15H9.2Au/c1-2-3-4-14-21-26(23-15-8-5-9-16-23)22-27(24-17-10-6-11-18-24)25-19-12-7-13-20-25;2*1-2-11-7-8-13-10-12-5-3-4-6-14(12)15(13)9-11;;/h23-25H,2-22H2,1H3;2*3-9H,10H2;;/q;2*-1;2*+1/p+2. The molecule has 0 spiro atoms. The first-order chi connectivity index (χ1) is 28.1. The van der Waals surface area contributed by atoms with E-state index in [1.54, 1.807) is 109 Å². The fraction of sp³-hybridized carbons (Fsp3) is 0.491. The van der Waals surface area contributed by atoms with Gasteiger partial charge in [0, 0.05) is 15.8 Å². The predicted octanol–water partition coefficient (Wildman–Crippen LogP) is 15.3. The monoisotopic (exact) mass is 1180 g/mol. The maximum absolute atomic E-state index is 7.14. The summed E-state index contributed by atoms with van der Waals surface area (Å²) >= 11 is 0. The normalized spacial score (nSPS) is 17.4. The molecule has 4 aromatic rings. The molecule has 0 saturated heterocycles. The van der Waals surface area contributed by atoms with E-state index in [9.17, 15) is 0 Å². The minimum atomic E-state index is -0.0896. The van der Waals surface area contributed by atoms with Crippen LogP contribution in [0.3, 0.4) is 0 Å². The van der Waals surface area contributed by atoms with E-state index in [4.69, 9.17) is 12.8 Å². The van der Waals surface area contributed by atoms with E-state index in [0.29, 0.717) is 0 Å². The van der Waals surface area contributed by atoms with E-state index in [-0.39, 0.29) is 60.6 Å². The summed E-state index contributed by atoms with van der Waals surface area (Å²) in [4.78, 5) is 0. The van der Waals surface area contributed by atoms with Gasteiger partial charge in [-0.1, -0.05) is 99.7 Å². The summed E-state index contributed by atoms with van der Waals surface area (Å²) in [6, 6.07) is 29.1. The van der Waals surface area contributed by atoms with Crippen LogP contribution in [0.1, 0.15) is 162 Å². The molecule has 0 bridgehead atoms. The van der Waals surface area contributed by atoms with Gasteiger partial charge in [-0.2, -0.15) is 0 Å². The molecule has 59 heavy (non-hydrogen) atoms. The smallest absolute Gasteiger partial charge is 0.366 e. The number of unbranched alkanes of at least 4 members (excludes halogenated alkanes) is 3. The van der Waals surface area contributed by atoms with E-state index in [1.165, 1.54) is 80.7 Å². The number of hydrogen-bond acceptors (Lipinski definition) is 0. The maximum Gasteiger partial charge on any atom is 1.00 e. The molecule has 0 heterocycles. The molecule has 9 rings (SSSR count). The molecule has 318 valence electrons. The molecular weight excluding hydrogens is 1120 g/mol. The number of benzene rings is 4.